The third-order valence-corrected chi connectivity index (χ3v) is 8.28. The second kappa shape index (κ2) is 7.72. The number of para-hydroxylation sites is 1. The molecule has 2 fully saturated rings. The molecule has 0 aliphatic heterocycles. The Morgan fingerprint density at radius 1 is 1.12 bits per heavy atom. The van der Waals surface area contributed by atoms with Crippen LogP contribution in [0.25, 0.3) is 0 Å². The normalized spacial score (nSPS) is 26.0. The van der Waals surface area contributed by atoms with E-state index >= 15 is 0 Å². The van der Waals surface area contributed by atoms with Gasteiger partial charge in [0.15, 0.2) is 0 Å². The van der Waals surface area contributed by atoms with Gasteiger partial charge in [-0.05, 0) is 50.8 Å². The second-order valence-electron chi connectivity index (χ2n) is 9.63. The molecule has 172 valence electrons. The van der Waals surface area contributed by atoms with Gasteiger partial charge in [0.1, 0.15) is 16.2 Å². The number of hydrogen-bond donors (Lipinski definition) is 2. The minimum Gasteiger partial charge on any atom is -0.485 e. The van der Waals surface area contributed by atoms with Gasteiger partial charge in [-0.15, -0.1) is 0 Å². The van der Waals surface area contributed by atoms with E-state index in [0.717, 1.165) is 19.3 Å². The summed E-state index contributed by atoms with van der Waals surface area (Å²) in [4.78, 5) is 20.6. The number of sulfonamides is 1. The first kappa shape index (κ1) is 22.5. The van der Waals surface area contributed by atoms with Crippen LogP contribution in [0.5, 0.6) is 5.75 Å². The topological polar surface area (TPSA) is 110 Å². The number of rotatable bonds is 5. The summed E-state index contributed by atoms with van der Waals surface area (Å²) < 4.78 is 34.7. The summed E-state index contributed by atoms with van der Waals surface area (Å²) >= 11 is 0. The molecule has 8 nitrogen and oxygen atoms in total. The first-order valence-corrected chi connectivity index (χ1v) is 12.4. The molecule has 3 unspecified atom stereocenters. The van der Waals surface area contributed by atoms with E-state index in [4.69, 9.17) is 4.74 Å². The van der Waals surface area contributed by atoms with Crippen LogP contribution in [-0.4, -0.2) is 30.0 Å². The van der Waals surface area contributed by atoms with Crippen molar-refractivity contribution in [2.75, 3.05) is 5.32 Å². The minimum absolute atomic E-state index is 0.0280. The molecule has 3 atom stereocenters. The van der Waals surface area contributed by atoms with Gasteiger partial charge in [-0.1, -0.05) is 39.3 Å². The summed E-state index contributed by atoms with van der Waals surface area (Å²) in [6.45, 7) is 10.1. The van der Waals surface area contributed by atoms with Gasteiger partial charge in [0.2, 0.25) is 5.95 Å². The monoisotopic (exact) mass is 458 g/mol. The van der Waals surface area contributed by atoms with Crippen LogP contribution in [0.3, 0.4) is 0 Å². The zero-order valence-corrected chi connectivity index (χ0v) is 19.9. The van der Waals surface area contributed by atoms with Gasteiger partial charge in [0, 0.05) is 22.7 Å². The van der Waals surface area contributed by atoms with Gasteiger partial charge < -0.3 is 4.74 Å². The lowest BCUT2D eigenvalue weighted by Gasteiger charge is -2.30. The molecule has 2 amide bonds. The molecule has 32 heavy (non-hydrogen) atoms. The van der Waals surface area contributed by atoms with Crippen molar-refractivity contribution in [3.63, 3.8) is 0 Å². The van der Waals surface area contributed by atoms with Gasteiger partial charge in [0.05, 0.1) is 0 Å². The molecule has 1 aromatic heterocycles. The third-order valence-electron chi connectivity index (χ3n) is 6.91. The highest BCUT2D eigenvalue weighted by molar-refractivity contribution is 7.90. The van der Waals surface area contributed by atoms with Crippen LogP contribution < -0.4 is 14.8 Å². The number of anilines is 1. The van der Waals surface area contributed by atoms with Crippen LogP contribution in [0, 0.1) is 31.1 Å². The molecule has 0 radical (unpaired) electrons. The number of fused-ring (bicyclic) bond motifs is 1. The van der Waals surface area contributed by atoms with Gasteiger partial charge in [0.25, 0.3) is 10.0 Å². The number of carbonyl (C=O) groups excluding carboxylic acids is 1. The fourth-order valence-electron chi connectivity index (χ4n) is 5.28. The van der Waals surface area contributed by atoms with Crippen LogP contribution in [0.2, 0.25) is 0 Å². The SMILES string of the molecule is Cc1cc(C)nc(NC(=O)NS(=O)(=O)c2ccccc2OC23CC(C)CCC2C3(C)C)n1. The highest BCUT2D eigenvalue weighted by Gasteiger charge is 2.74. The van der Waals surface area contributed by atoms with Gasteiger partial charge in [-0.2, -0.15) is 0 Å². The third kappa shape index (κ3) is 3.94. The summed E-state index contributed by atoms with van der Waals surface area (Å²) in [7, 11) is -4.18. The van der Waals surface area contributed by atoms with Crippen molar-refractivity contribution in [1.82, 2.24) is 14.7 Å². The van der Waals surface area contributed by atoms with Crippen LogP contribution in [0.4, 0.5) is 10.7 Å². The molecule has 0 saturated heterocycles. The summed E-state index contributed by atoms with van der Waals surface area (Å²) in [5.41, 5.74) is 0.916. The highest BCUT2D eigenvalue weighted by atomic mass is 32.2. The van der Waals surface area contributed by atoms with Crippen molar-refractivity contribution in [3.05, 3.63) is 41.7 Å². The van der Waals surface area contributed by atoms with Crippen molar-refractivity contribution in [3.8, 4) is 5.75 Å². The Bertz CT molecular complexity index is 1140. The standard InChI is InChI=1S/C23H30N4O4S/c1-14-10-11-19-22(4,5)23(19,13-14)31-17-8-6-7-9-18(17)32(29,30)27-21(28)26-20-24-15(2)12-16(3)25-20/h6-9,12,14,19H,10-11,13H2,1-5H3,(H2,24,25,26,27,28). The van der Waals surface area contributed by atoms with Crippen molar-refractivity contribution < 1.29 is 17.9 Å². The van der Waals surface area contributed by atoms with Gasteiger partial charge >= 0.3 is 6.03 Å². The molecule has 2 aliphatic carbocycles. The molecule has 9 heteroatoms. The zero-order valence-electron chi connectivity index (χ0n) is 19.1. The molecule has 4 rings (SSSR count). The smallest absolute Gasteiger partial charge is 0.335 e. The Morgan fingerprint density at radius 2 is 1.78 bits per heavy atom. The number of urea groups is 1. The largest absolute Gasteiger partial charge is 0.485 e. The molecule has 2 aliphatic rings. The van der Waals surface area contributed by atoms with E-state index in [-0.39, 0.29) is 27.6 Å². The number of aromatic nitrogens is 2. The molecule has 2 saturated carbocycles. The van der Waals surface area contributed by atoms with Crippen LogP contribution in [0.15, 0.2) is 35.2 Å². The van der Waals surface area contributed by atoms with Crippen molar-refractivity contribution >= 4 is 22.0 Å². The van der Waals surface area contributed by atoms with Gasteiger partial charge in [-0.3, -0.25) is 5.32 Å². The Hall–Kier alpha value is -2.68. The predicted octanol–water partition coefficient (Wildman–Crippen LogP) is 4.20. The van der Waals surface area contributed by atoms with Crippen LogP contribution >= 0.6 is 0 Å². The van der Waals surface area contributed by atoms with Gasteiger partial charge in [-0.25, -0.2) is 27.9 Å². The van der Waals surface area contributed by atoms with E-state index in [1.807, 2.05) is 0 Å². The van der Waals surface area contributed by atoms with E-state index in [1.165, 1.54) is 6.07 Å². The molecular formula is C23H30N4O4S. The number of nitrogens with zero attached hydrogens (tertiary/aromatic N) is 2. The molecule has 1 aromatic carbocycles. The number of hydrogen-bond acceptors (Lipinski definition) is 6. The lowest BCUT2D eigenvalue weighted by Crippen LogP contribution is -2.36. The average molecular weight is 459 g/mol. The van der Waals surface area contributed by atoms with Crippen LogP contribution in [-0.2, 0) is 10.0 Å². The maximum Gasteiger partial charge on any atom is 0.335 e. The molecular weight excluding hydrogens is 428 g/mol. The number of benzene rings is 1. The van der Waals surface area contributed by atoms with Crippen LogP contribution in [0.1, 0.15) is 51.4 Å². The van der Waals surface area contributed by atoms with Crippen molar-refractivity contribution in [1.29, 1.82) is 0 Å². The molecule has 2 aromatic rings. The highest BCUT2D eigenvalue weighted by Crippen LogP contribution is 2.70. The van der Waals surface area contributed by atoms with Crippen molar-refractivity contribution in [2.45, 2.75) is 64.4 Å². The number of amides is 2. The lowest BCUT2D eigenvalue weighted by atomic mass is 9.88. The molecule has 1 heterocycles. The molecule has 0 spiro atoms. The predicted molar refractivity (Wildman–Crippen MR) is 121 cm³/mol. The maximum absolute atomic E-state index is 13.1. The lowest BCUT2D eigenvalue weighted by molar-refractivity contribution is 0.0815. The Kier molecular flexibility index (Phi) is 5.43. The number of aryl methyl sites for hydroxylation is 2. The fourth-order valence-corrected chi connectivity index (χ4v) is 6.31. The zero-order chi connectivity index (χ0) is 23.3. The summed E-state index contributed by atoms with van der Waals surface area (Å²) in [5.74, 6) is 1.20. The second-order valence-corrected chi connectivity index (χ2v) is 11.3. The summed E-state index contributed by atoms with van der Waals surface area (Å²) in [6.07, 6.45) is 3.11. The van der Waals surface area contributed by atoms with E-state index < -0.39 is 16.1 Å². The summed E-state index contributed by atoms with van der Waals surface area (Å²) in [6, 6.07) is 7.28. The minimum atomic E-state index is -4.18. The summed E-state index contributed by atoms with van der Waals surface area (Å²) in [5, 5.41) is 2.39. The first-order chi connectivity index (χ1) is 14.9. The van der Waals surface area contributed by atoms with E-state index in [1.54, 1.807) is 38.1 Å². The van der Waals surface area contributed by atoms with E-state index in [0.29, 0.717) is 23.2 Å². The molecule has 0 bridgehead atoms. The van der Waals surface area contributed by atoms with Crippen molar-refractivity contribution in [2.24, 2.45) is 17.3 Å². The Labute approximate surface area is 189 Å². The fraction of sp³-hybridized carbons (Fsp3) is 0.522. The molecule has 2 N–H and O–H groups in total. The van der Waals surface area contributed by atoms with E-state index in [2.05, 4.69) is 40.8 Å². The Morgan fingerprint density at radius 3 is 2.47 bits per heavy atom. The number of ether oxygens (including phenoxy) is 1. The number of carbonyl (C=O) groups is 1. The average Bonchev–Trinajstić information content (AvgIpc) is 3.13. The number of nitrogens with one attached hydrogen (secondary N) is 2. The quantitative estimate of drug-likeness (QED) is 0.695. The first-order valence-electron chi connectivity index (χ1n) is 10.9. The Balaban J connectivity index is 1.56. The maximum atomic E-state index is 13.1. The van der Waals surface area contributed by atoms with E-state index in [9.17, 15) is 13.2 Å².